The van der Waals surface area contributed by atoms with Crippen molar-refractivity contribution in [1.29, 1.82) is 0 Å². The molecule has 3 rings (SSSR count). The van der Waals surface area contributed by atoms with E-state index in [-0.39, 0.29) is 41.7 Å². The van der Waals surface area contributed by atoms with E-state index in [0.717, 1.165) is 5.56 Å². The summed E-state index contributed by atoms with van der Waals surface area (Å²) in [7, 11) is 1.46. The molecular weight excluding hydrogens is 483 g/mol. The number of hydrogen-bond acceptors (Lipinski definition) is 5. The van der Waals surface area contributed by atoms with Crippen LogP contribution in [0.15, 0.2) is 40.9 Å². The van der Waals surface area contributed by atoms with Crippen molar-refractivity contribution >= 4 is 27.8 Å². The molecule has 2 aromatic carbocycles. The summed E-state index contributed by atoms with van der Waals surface area (Å²) in [5, 5.41) is 9.45. The van der Waals surface area contributed by atoms with Crippen LogP contribution in [0.3, 0.4) is 0 Å². The summed E-state index contributed by atoms with van der Waals surface area (Å²) >= 11 is 3.26. The molecule has 1 aliphatic rings. The lowest BCUT2D eigenvalue weighted by atomic mass is 10.1. The third-order valence-electron chi connectivity index (χ3n) is 5.57. The Morgan fingerprint density at radius 2 is 1.81 bits per heavy atom. The van der Waals surface area contributed by atoms with E-state index in [4.69, 9.17) is 9.47 Å². The summed E-state index contributed by atoms with van der Waals surface area (Å²) < 4.78 is 24.4. The molecule has 1 N–H and O–H groups in total. The fourth-order valence-corrected chi connectivity index (χ4v) is 4.30. The Bertz CT molecular complexity index is 985. The lowest BCUT2D eigenvalue weighted by Gasteiger charge is -2.44. The predicted octanol–water partition coefficient (Wildman–Crippen LogP) is 3.80. The van der Waals surface area contributed by atoms with Crippen LogP contribution < -0.4 is 9.47 Å². The molecule has 0 saturated carbocycles. The third kappa shape index (κ3) is 5.58. The molecule has 0 spiro atoms. The molecule has 0 radical (unpaired) electrons. The van der Waals surface area contributed by atoms with Gasteiger partial charge in [-0.25, -0.2) is 9.18 Å². The van der Waals surface area contributed by atoms with Gasteiger partial charge < -0.3 is 19.5 Å². The largest absolute Gasteiger partial charge is 0.495 e. The van der Waals surface area contributed by atoms with E-state index < -0.39 is 5.97 Å². The number of carbonyl (C=O) groups excluding carboxylic acids is 1. The van der Waals surface area contributed by atoms with Crippen LogP contribution in [0.2, 0.25) is 0 Å². The summed E-state index contributed by atoms with van der Waals surface area (Å²) in [5.41, 5.74) is 0.954. The maximum Gasteiger partial charge on any atom is 0.339 e. The summed E-state index contributed by atoms with van der Waals surface area (Å²) in [6.45, 7) is 5.58. The van der Waals surface area contributed by atoms with Gasteiger partial charge in [0.05, 0.1) is 11.6 Å². The van der Waals surface area contributed by atoms with E-state index in [9.17, 15) is 19.1 Å². The summed E-state index contributed by atoms with van der Waals surface area (Å²) in [6.07, 6.45) is 0. The van der Waals surface area contributed by atoms with Crippen molar-refractivity contribution in [1.82, 2.24) is 9.80 Å². The van der Waals surface area contributed by atoms with E-state index in [1.54, 1.807) is 17.0 Å². The van der Waals surface area contributed by atoms with E-state index in [0.29, 0.717) is 29.9 Å². The van der Waals surface area contributed by atoms with Crippen LogP contribution in [0.4, 0.5) is 4.39 Å². The van der Waals surface area contributed by atoms with Gasteiger partial charge in [-0.3, -0.25) is 9.69 Å². The molecule has 1 saturated heterocycles. The highest BCUT2D eigenvalue weighted by Crippen LogP contribution is 2.33. The van der Waals surface area contributed by atoms with Gasteiger partial charge in [-0.2, -0.15) is 0 Å². The second-order valence-corrected chi connectivity index (χ2v) is 8.73. The topological polar surface area (TPSA) is 79.3 Å². The minimum Gasteiger partial charge on any atom is -0.495 e. The molecule has 1 amide bonds. The number of methoxy groups -OCH3 is 1. The quantitative estimate of drug-likeness (QED) is 0.612. The van der Waals surface area contributed by atoms with Gasteiger partial charge in [-0.05, 0) is 53.5 Å². The molecule has 1 heterocycles. The normalized spacial score (nSPS) is 19.0. The Hall–Kier alpha value is -2.65. The number of hydrogen-bond donors (Lipinski definition) is 1. The first kappa shape index (κ1) is 24.0. The van der Waals surface area contributed by atoms with Crippen molar-refractivity contribution in [3.8, 4) is 11.5 Å². The van der Waals surface area contributed by atoms with Crippen LogP contribution in [0, 0.1) is 5.82 Å². The van der Waals surface area contributed by atoms with Crippen LogP contribution >= 0.6 is 15.9 Å². The Kier molecular flexibility index (Phi) is 7.73. The number of halogens is 2. The summed E-state index contributed by atoms with van der Waals surface area (Å²) in [4.78, 5) is 28.4. The fraction of sp³-hybridized carbons (Fsp3) is 0.391. The van der Waals surface area contributed by atoms with Crippen molar-refractivity contribution in [2.24, 2.45) is 0 Å². The smallest absolute Gasteiger partial charge is 0.339 e. The number of amides is 1. The van der Waals surface area contributed by atoms with Crippen LogP contribution in [0.1, 0.15) is 29.8 Å². The zero-order valence-corrected chi connectivity index (χ0v) is 19.8. The molecule has 0 aliphatic carbocycles. The number of carbonyl (C=O) groups is 2. The Morgan fingerprint density at radius 1 is 1.12 bits per heavy atom. The van der Waals surface area contributed by atoms with Gasteiger partial charge in [0.25, 0.3) is 5.91 Å². The molecule has 7 nitrogen and oxygen atoms in total. The first-order valence-electron chi connectivity index (χ1n) is 10.2. The molecule has 1 aliphatic heterocycles. The standard InChI is InChI=1S/C23H26BrFN2O5/c1-14-11-27(15(2)10-26(14)12-16-4-6-17(25)7-5-16)22(28)13-32-20-9-21(31-3)19(24)8-18(20)23(29)30/h4-9,14-15H,10-13H2,1-3H3,(H,29,30)/t14-,15+/m0/s1. The number of nitrogens with zero attached hydrogens (tertiary/aromatic N) is 2. The Morgan fingerprint density at radius 3 is 2.44 bits per heavy atom. The van der Waals surface area contributed by atoms with Crippen molar-refractivity contribution in [3.05, 3.63) is 57.8 Å². The maximum atomic E-state index is 13.2. The minimum atomic E-state index is -1.16. The number of benzene rings is 2. The van der Waals surface area contributed by atoms with E-state index in [1.165, 1.54) is 31.4 Å². The molecule has 9 heteroatoms. The lowest BCUT2D eigenvalue weighted by Crippen LogP contribution is -2.58. The fourth-order valence-electron chi connectivity index (χ4n) is 3.79. The van der Waals surface area contributed by atoms with Gasteiger partial charge >= 0.3 is 5.97 Å². The molecular formula is C23H26BrFN2O5. The monoisotopic (exact) mass is 508 g/mol. The van der Waals surface area contributed by atoms with Crippen LogP contribution in [-0.2, 0) is 11.3 Å². The summed E-state index contributed by atoms with van der Waals surface area (Å²) in [6, 6.07) is 9.32. The molecule has 0 unspecified atom stereocenters. The first-order chi connectivity index (χ1) is 15.2. The van der Waals surface area contributed by atoms with Gasteiger partial charge in [0.2, 0.25) is 0 Å². The van der Waals surface area contributed by atoms with Gasteiger partial charge in [-0.15, -0.1) is 0 Å². The molecule has 2 atom stereocenters. The molecule has 0 bridgehead atoms. The van der Waals surface area contributed by atoms with Gasteiger partial charge in [-0.1, -0.05) is 12.1 Å². The summed E-state index contributed by atoms with van der Waals surface area (Å²) in [5.74, 6) is -1.16. The van der Waals surface area contributed by atoms with Crippen molar-refractivity contribution < 1.29 is 28.6 Å². The van der Waals surface area contributed by atoms with Gasteiger partial charge in [0.15, 0.2) is 6.61 Å². The van der Waals surface area contributed by atoms with Crippen LogP contribution in [0.25, 0.3) is 0 Å². The number of aromatic carboxylic acids is 1. The van der Waals surface area contributed by atoms with Crippen molar-refractivity contribution in [3.63, 3.8) is 0 Å². The Labute approximate surface area is 194 Å². The number of rotatable bonds is 7. The average Bonchev–Trinajstić information content (AvgIpc) is 2.76. The maximum absolute atomic E-state index is 13.2. The van der Waals surface area contributed by atoms with Gasteiger partial charge in [0.1, 0.15) is 22.9 Å². The van der Waals surface area contributed by atoms with Crippen LogP contribution in [-0.4, -0.2) is 65.7 Å². The zero-order chi connectivity index (χ0) is 23.4. The van der Waals surface area contributed by atoms with Crippen molar-refractivity contribution in [2.45, 2.75) is 32.5 Å². The van der Waals surface area contributed by atoms with E-state index in [2.05, 4.69) is 20.8 Å². The Balaban J connectivity index is 1.64. The molecule has 2 aromatic rings. The second kappa shape index (κ2) is 10.3. The highest BCUT2D eigenvalue weighted by atomic mass is 79.9. The highest BCUT2D eigenvalue weighted by Gasteiger charge is 2.32. The molecule has 172 valence electrons. The highest BCUT2D eigenvalue weighted by molar-refractivity contribution is 9.10. The molecule has 32 heavy (non-hydrogen) atoms. The SMILES string of the molecule is COc1cc(OCC(=O)N2C[C@H](C)N(Cc3ccc(F)cc3)C[C@H]2C)c(C(=O)O)cc1Br. The van der Waals surface area contributed by atoms with Crippen molar-refractivity contribution in [2.75, 3.05) is 26.8 Å². The second-order valence-electron chi connectivity index (χ2n) is 7.88. The van der Waals surface area contributed by atoms with E-state index in [1.807, 2.05) is 13.8 Å². The van der Waals surface area contributed by atoms with Crippen LogP contribution in [0.5, 0.6) is 11.5 Å². The molecule has 1 fully saturated rings. The number of ether oxygens (including phenoxy) is 2. The minimum absolute atomic E-state index is 0.0545. The number of carboxylic acids is 1. The van der Waals surface area contributed by atoms with Gasteiger partial charge in [0, 0.05) is 37.8 Å². The van der Waals surface area contributed by atoms with E-state index >= 15 is 0 Å². The third-order valence-corrected chi connectivity index (χ3v) is 6.19. The zero-order valence-electron chi connectivity index (χ0n) is 18.2. The number of piperazine rings is 1. The molecule has 0 aromatic heterocycles. The first-order valence-corrected chi connectivity index (χ1v) is 11.0. The average molecular weight is 509 g/mol. The lowest BCUT2D eigenvalue weighted by molar-refractivity contribution is -0.139. The number of carboxylic acid groups (broad SMARTS) is 1. The predicted molar refractivity (Wildman–Crippen MR) is 121 cm³/mol.